The zero-order valence-electron chi connectivity index (χ0n) is 15.1. The van der Waals surface area contributed by atoms with E-state index in [2.05, 4.69) is 10.2 Å². The van der Waals surface area contributed by atoms with Crippen LogP contribution < -0.4 is 10.9 Å². The molecular formula is C21H19F3N2O2. The van der Waals surface area contributed by atoms with Crippen molar-refractivity contribution in [1.29, 1.82) is 0 Å². The monoisotopic (exact) mass is 388 g/mol. The zero-order chi connectivity index (χ0) is 19.7. The summed E-state index contributed by atoms with van der Waals surface area (Å²) in [5.41, 5.74) is 0.379. The van der Waals surface area contributed by atoms with Crippen LogP contribution in [0.1, 0.15) is 11.1 Å². The standard InChI is InChI=1S/C21H19F3N2O2/c22-21(23,24)15-5-3-4-14(12-15)19-16-6-1-2-7-18(16)28-20(27)17(19)13-26-10-8-25-9-11-26/h1-7,12,25H,8-11,13H2. The molecule has 0 aliphatic carbocycles. The first-order valence-electron chi connectivity index (χ1n) is 9.09. The van der Waals surface area contributed by atoms with Gasteiger partial charge in [0.2, 0.25) is 0 Å². The van der Waals surface area contributed by atoms with Crippen LogP contribution >= 0.6 is 0 Å². The predicted octanol–water partition coefficient (Wildman–Crippen LogP) is 3.88. The number of nitrogens with zero attached hydrogens (tertiary/aromatic N) is 1. The van der Waals surface area contributed by atoms with Gasteiger partial charge >= 0.3 is 11.8 Å². The normalized spacial score (nSPS) is 15.8. The fourth-order valence-electron chi connectivity index (χ4n) is 3.61. The van der Waals surface area contributed by atoms with E-state index in [1.165, 1.54) is 6.07 Å². The fourth-order valence-corrected chi connectivity index (χ4v) is 3.61. The molecule has 1 aliphatic heterocycles. The molecule has 0 radical (unpaired) electrons. The minimum absolute atomic E-state index is 0.334. The van der Waals surface area contributed by atoms with Gasteiger partial charge in [-0.1, -0.05) is 30.3 Å². The molecule has 28 heavy (non-hydrogen) atoms. The number of hydrogen-bond donors (Lipinski definition) is 1. The molecule has 1 N–H and O–H groups in total. The van der Waals surface area contributed by atoms with Crippen LogP contribution in [-0.4, -0.2) is 31.1 Å². The average Bonchev–Trinajstić information content (AvgIpc) is 2.69. The van der Waals surface area contributed by atoms with E-state index in [1.54, 1.807) is 30.3 Å². The molecule has 0 bridgehead atoms. The molecule has 7 heteroatoms. The smallest absolute Gasteiger partial charge is 0.416 e. The number of fused-ring (bicyclic) bond motifs is 1. The lowest BCUT2D eigenvalue weighted by Gasteiger charge is -2.27. The Kier molecular flexibility index (Phi) is 4.95. The summed E-state index contributed by atoms with van der Waals surface area (Å²) < 4.78 is 45.2. The number of piperazine rings is 1. The molecule has 2 aromatic carbocycles. The van der Waals surface area contributed by atoms with Crippen LogP contribution in [-0.2, 0) is 12.7 Å². The second-order valence-corrected chi connectivity index (χ2v) is 6.84. The van der Waals surface area contributed by atoms with Gasteiger partial charge in [-0.15, -0.1) is 0 Å². The first-order valence-corrected chi connectivity index (χ1v) is 9.09. The van der Waals surface area contributed by atoms with E-state index in [0.717, 1.165) is 38.3 Å². The van der Waals surface area contributed by atoms with E-state index in [4.69, 9.17) is 4.42 Å². The molecule has 146 valence electrons. The Morgan fingerprint density at radius 2 is 1.79 bits per heavy atom. The molecule has 0 amide bonds. The van der Waals surface area contributed by atoms with Crippen molar-refractivity contribution < 1.29 is 17.6 Å². The number of hydrogen-bond acceptors (Lipinski definition) is 4. The summed E-state index contributed by atoms with van der Waals surface area (Å²) >= 11 is 0. The quantitative estimate of drug-likeness (QED) is 0.692. The minimum Gasteiger partial charge on any atom is -0.422 e. The molecule has 0 atom stereocenters. The third-order valence-electron chi connectivity index (χ3n) is 4.98. The van der Waals surface area contributed by atoms with E-state index in [1.807, 2.05) is 0 Å². The van der Waals surface area contributed by atoms with Gasteiger partial charge in [0.05, 0.1) is 11.1 Å². The van der Waals surface area contributed by atoms with Crippen LogP contribution in [0.2, 0.25) is 0 Å². The predicted molar refractivity (Wildman–Crippen MR) is 101 cm³/mol. The second kappa shape index (κ2) is 7.41. The van der Waals surface area contributed by atoms with Gasteiger partial charge in [0.25, 0.3) is 0 Å². The maximum absolute atomic E-state index is 13.3. The highest BCUT2D eigenvalue weighted by molar-refractivity contribution is 5.95. The van der Waals surface area contributed by atoms with Crippen LogP contribution in [0.5, 0.6) is 0 Å². The molecule has 0 saturated carbocycles. The minimum atomic E-state index is -4.45. The molecule has 0 spiro atoms. The van der Waals surface area contributed by atoms with Crippen LogP contribution in [0, 0.1) is 0 Å². The van der Waals surface area contributed by atoms with Crippen molar-refractivity contribution in [3.8, 4) is 11.1 Å². The summed E-state index contributed by atoms with van der Waals surface area (Å²) in [6.45, 7) is 3.46. The van der Waals surface area contributed by atoms with Gasteiger partial charge in [0.15, 0.2) is 0 Å². The van der Waals surface area contributed by atoms with Gasteiger partial charge in [0, 0.05) is 43.7 Å². The van der Waals surface area contributed by atoms with Crippen molar-refractivity contribution in [2.75, 3.05) is 26.2 Å². The zero-order valence-corrected chi connectivity index (χ0v) is 15.1. The van der Waals surface area contributed by atoms with Crippen LogP contribution in [0.25, 0.3) is 22.1 Å². The van der Waals surface area contributed by atoms with Gasteiger partial charge in [-0.05, 0) is 23.8 Å². The lowest BCUT2D eigenvalue weighted by molar-refractivity contribution is -0.137. The number of nitrogens with one attached hydrogen (secondary N) is 1. The summed E-state index contributed by atoms with van der Waals surface area (Å²) in [5, 5.41) is 3.88. The third kappa shape index (κ3) is 3.68. The summed E-state index contributed by atoms with van der Waals surface area (Å²) in [7, 11) is 0. The van der Waals surface area contributed by atoms with Gasteiger partial charge in [-0.2, -0.15) is 13.2 Å². The van der Waals surface area contributed by atoms with E-state index in [-0.39, 0.29) is 0 Å². The number of benzene rings is 2. The van der Waals surface area contributed by atoms with Crippen molar-refractivity contribution >= 4 is 11.0 Å². The van der Waals surface area contributed by atoms with Crippen LogP contribution in [0.15, 0.2) is 57.7 Å². The van der Waals surface area contributed by atoms with E-state index >= 15 is 0 Å². The van der Waals surface area contributed by atoms with Crippen molar-refractivity contribution in [2.45, 2.75) is 12.7 Å². The van der Waals surface area contributed by atoms with E-state index in [0.29, 0.717) is 34.2 Å². The maximum Gasteiger partial charge on any atom is 0.416 e. The molecule has 4 rings (SSSR count). The molecule has 0 unspecified atom stereocenters. The lowest BCUT2D eigenvalue weighted by Crippen LogP contribution is -2.43. The fraction of sp³-hybridized carbons (Fsp3) is 0.286. The van der Waals surface area contributed by atoms with E-state index < -0.39 is 17.4 Å². The molecular weight excluding hydrogens is 369 g/mol. The molecule has 1 aromatic heterocycles. The summed E-state index contributed by atoms with van der Waals surface area (Å²) in [4.78, 5) is 14.9. The molecule has 1 saturated heterocycles. The Morgan fingerprint density at radius 1 is 1.04 bits per heavy atom. The third-order valence-corrected chi connectivity index (χ3v) is 4.98. The van der Waals surface area contributed by atoms with Crippen LogP contribution in [0.3, 0.4) is 0 Å². The first-order chi connectivity index (χ1) is 13.4. The highest BCUT2D eigenvalue weighted by Gasteiger charge is 2.31. The molecule has 4 nitrogen and oxygen atoms in total. The number of para-hydroxylation sites is 1. The van der Waals surface area contributed by atoms with Crippen molar-refractivity contribution in [3.05, 3.63) is 70.1 Å². The Bertz CT molecular complexity index is 1050. The second-order valence-electron chi connectivity index (χ2n) is 6.84. The average molecular weight is 388 g/mol. The molecule has 1 fully saturated rings. The SMILES string of the molecule is O=c1oc2ccccc2c(-c2cccc(C(F)(F)F)c2)c1CN1CCNCC1. The molecule has 2 heterocycles. The number of rotatable bonds is 3. The molecule has 3 aromatic rings. The molecule has 1 aliphatic rings. The Balaban J connectivity index is 1.92. The Morgan fingerprint density at radius 3 is 2.54 bits per heavy atom. The number of halogens is 3. The first kappa shape index (κ1) is 18.7. The van der Waals surface area contributed by atoms with Crippen molar-refractivity contribution in [3.63, 3.8) is 0 Å². The lowest BCUT2D eigenvalue weighted by atomic mass is 9.95. The highest BCUT2D eigenvalue weighted by Crippen LogP contribution is 2.35. The van der Waals surface area contributed by atoms with Gasteiger partial charge in [-0.3, -0.25) is 4.90 Å². The maximum atomic E-state index is 13.3. The van der Waals surface area contributed by atoms with E-state index in [9.17, 15) is 18.0 Å². The Hall–Kier alpha value is -2.64. The Labute approximate surface area is 159 Å². The van der Waals surface area contributed by atoms with Gasteiger partial charge in [0.1, 0.15) is 5.58 Å². The summed E-state index contributed by atoms with van der Waals surface area (Å²) in [5.74, 6) is 0. The largest absolute Gasteiger partial charge is 0.422 e. The van der Waals surface area contributed by atoms with Gasteiger partial charge in [-0.25, -0.2) is 4.79 Å². The summed E-state index contributed by atoms with van der Waals surface area (Å²) in [6, 6.07) is 12.1. The van der Waals surface area contributed by atoms with Crippen LogP contribution in [0.4, 0.5) is 13.2 Å². The number of alkyl halides is 3. The summed E-state index contributed by atoms with van der Waals surface area (Å²) in [6.07, 6.45) is -4.45. The van der Waals surface area contributed by atoms with Crippen molar-refractivity contribution in [1.82, 2.24) is 10.2 Å². The van der Waals surface area contributed by atoms with Gasteiger partial charge < -0.3 is 9.73 Å². The van der Waals surface area contributed by atoms with Crippen molar-refractivity contribution in [2.24, 2.45) is 0 Å². The highest BCUT2D eigenvalue weighted by atomic mass is 19.4. The topological polar surface area (TPSA) is 45.5 Å².